The summed E-state index contributed by atoms with van der Waals surface area (Å²) in [5.74, 6) is -1.68. The van der Waals surface area contributed by atoms with Gasteiger partial charge < -0.3 is 24.0 Å². The van der Waals surface area contributed by atoms with Gasteiger partial charge in [0.05, 0.1) is 72.0 Å². The molecule has 294 valence electrons. The molecular weight excluding hydrogens is 770 g/mol. The first-order valence-electron chi connectivity index (χ1n) is 17.0. The summed E-state index contributed by atoms with van der Waals surface area (Å²) in [5, 5.41) is 62.1. The van der Waals surface area contributed by atoms with E-state index >= 15 is 0 Å². The van der Waals surface area contributed by atoms with Crippen LogP contribution in [0.2, 0.25) is 0 Å². The van der Waals surface area contributed by atoms with Crippen LogP contribution in [0, 0.1) is 40.5 Å². The van der Waals surface area contributed by atoms with Crippen LogP contribution in [0.4, 0.5) is 22.7 Å². The van der Waals surface area contributed by atoms with Crippen molar-refractivity contribution in [1.82, 2.24) is 9.55 Å². The summed E-state index contributed by atoms with van der Waals surface area (Å²) in [5.41, 5.74) is -4.25. The first-order valence-corrected chi connectivity index (χ1v) is 17.0. The van der Waals surface area contributed by atoms with Crippen molar-refractivity contribution in [3.63, 3.8) is 0 Å². The molecule has 3 heterocycles. The Morgan fingerprint density at radius 2 is 1.48 bits per heavy atom. The second-order valence-electron chi connectivity index (χ2n) is 12.9. The molecule has 0 unspecified atom stereocenters. The fraction of sp³-hybridized carbons (Fsp3) is 0.194. The van der Waals surface area contributed by atoms with Crippen molar-refractivity contribution in [1.29, 1.82) is 0 Å². The standard InChI is InChI=1S/C36H25N7O15/c1-3-30(45)56-15-25-19(8-29-33-18(13-39(29)35(25)46)6-17-7-22(44)4-5-26(17)37-33)14-57-36(47)16(2)58-38-34-23-9-20(40(48)49)11-27(42(52)53)31(23)32-24(34)10-21(41(50)51)12-28(32)43(54)55/h4-12,16,44H,3,13-15H2,1-2H3/t16-/m1/s1. The molecule has 7 rings (SSSR count). The second kappa shape index (κ2) is 14.5. The fourth-order valence-electron chi connectivity index (χ4n) is 6.66. The summed E-state index contributed by atoms with van der Waals surface area (Å²) >= 11 is 0. The number of oxime groups is 1. The van der Waals surface area contributed by atoms with Crippen LogP contribution in [0.1, 0.15) is 48.1 Å². The number of non-ortho nitro benzene ring substituents is 2. The number of aromatic nitrogens is 2. The predicted octanol–water partition coefficient (Wildman–Crippen LogP) is 5.10. The van der Waals surface area contributed by atoms with Crippen LogP contribution in [0.5, 0.6) is 5.75 Å². The average molecular weight is 796 g/mol. The van der Waals surface area contributed by atoms with E-state index in [9.17, 15) is 59.9 Å². The van der Waals surface area contributed by atoms with Gasteiger partial charge in [-0.1, -0.05) is 12.1 Å². The molecule has 3 aromatic carbocycles. The zero-order valence-corrected chi connectivity index (χ0v) is 29.9. The first kappa shape index (κ1) is 38.1. The number of benzene rings is 3. The molecule has 0 spiro atoms. The summed E-state index contributed by atoms with van der Waals surface area (Å²) in [4.78, 5) is 93.0. The van der Waals surface area contributed by atoms with Gasteiger partial charge in [0.1, 0.15) is 24.7 Å². The number of fused-ring (bicyclic) bond motifs is 7. The average Bonchev–Trinajstić information content (AvgIpc) is 3.71. The number of ether oxygens (including phenoxy) is 2. The van der Waals surface area contributed by atoms with E-state index in [1.807, 2.05) is 0 Å². The number of hydrogen-bond donors (Lipinski definition) is 1. The molecule has 1 aliphatic carbocycles. The van der Waals surface area contributed by atoms with Gasteiger partial charge in [-0.15, -0.1) is 0 Å². The highest BCUT2D eigenvalue weighted by Gasteiger charge is 2.42. The number of phenols is 1. The van der Waals surface area contributed by atoms with Crippen LogP contribution >= 0.6 is 0 Å². The molecule has 0 saturated carbocycles. The molecule has 22 heteroatoms. The van der Waals surface area contributed by atoms with E-state index in [1.165, 1.54) is 23.6 Å². The minimum Gasteiger partial charge on any atom is -0.508 e. The highest BCUT2D eigenvalue weighted by Crippen LogP contribution is 2.50. The number of carbonyl (C=O) groups is 2. The van der Waals surface area contributed by atoms with Gasteiger partial charge in [-0.2, -0.15) is 0 Å². The van der Waals surface area contributed by atoms with E-state index in [4.69, 9.17) is 14.3 Å². The van der Waals surface area contributed by atoms with Gasteiger partial charge >= 0.3 is 11.9 Å². The molecule has 0 bridgehead atoms. The zero-order chi connectivity index (χ0) is 41.7. The quantitative estimate of drug-likeness (QED) is 0.0955. The van der Waals surface area contributed by atoms with Gasteiger partial charge in [-0.25, -0.2) is 9.78 Å². The Morgan fingerprint density at radius 3 is 2.05 bits per heavy atom. The third-order valence-electron chi connectivity index (χ3n) is 9.39. The van der Waals surface area contributed by atoms with Crippen molar-refractivity contribution >= 4 is 51.3 Å². The van der Waals surface area contributed by atoms with Crippen molar-refractivity contribution in [2.75, 3.05) is 0 Å². The Hall–Kier alpha value is -8.17. The molecule has 5 aromatic rings. The SMILES string of the molecule is CCC(=O)OCc1c(COC(=O)[C@@H](C)ON=C2c3cc([N+](=O)[O-])cc([N+](=O)[O-])c3-c3c2cc([N+](=O)[O-])cc3[N+](=O)[O-])cc2n(c1=O)Cc1cc3cc(O)ccc3nc1-2. The normalized spacial score (nSPS) is 12.5. The van der Waals surface area contributed by atoms with Crippen LogP contribution in [0.15, 0.2) is 64.5 Å². The van der Waals surface area contributed by atoms with Crippen molar-refractivity contribution in [3.05, 3.63) is 133 Å². The molecular formula is C36H25N7O15. The number of aromatic hydroxyl groups is 1. The molecule has 58 heavy (non-hydrogen) atoms. The van der Waals surface area contributed by atoms with E-state index in [2.05, 4.69) is 10.1 Å². The molecule has 22 nitrogen and oxygen atoms in total. The number of carbonyl (C=O) groups excluding carboxylic acids is 2. The maximum Gasteiger partial charge on any atom is 0.350 e. The fourth-order valence-corrected chi connectivity index (χ4v) is 6.66. The topological polar surface area (TPSA) is 302 Å². The van der Waals surface area contributed by atoms with Gasteiger partial charge in [-0.3, -0.25) is 50.0 Å². The molecule has 1 aliphatic heterocycles. The van der Waals surface area contributed by atoms with E-state index in [0.29, 0.717) is 40.0 Å². The van der Waals surface area contributed by atoms with Gasteiger partial charge in [0, 0.05) is 46.2 Å². The van der Waals surface area contributed by atoms with Gasteiger partial charge in [-0.05, 0) is 37.3 Å². The Balaban J connectivity index is 1.23. The smallest absolute Gasteiger partial charge is 0.350 e. The lowest BCUT2D eigenvalue weighted by Gasteiger charge is -2.15. The molecule has 0 saturated heterocycles. The summed E-state index contributed by atoms with van der Waals surface area (Å²) in [6.07, 6.45) is -1.61. The van der Waals surface area contributed by atoms with Crippen LogP contribution in [-0.4, -0.2) is 58.1 Å². The Morgan fingerprint density at radius 1 is 0.862 bits per heavy atom. The maximum atomic E-state index is 13.8. The van der Waals surface area contributed by atoms with Gasteiger partial charge in [0.25, 0.3) is 28.3 Å². The molecule has 0 radical (unpaired) electrons. The summed E-state index contributed by atoms with van der Waals surface area (Å²) in [7, 11) is 0. The molecule has 1 N–H and O–H groups in total. The number of nitrogens with zero attached hydrogens (tertiary/aromatic N) is 7. The monoisotopic (exact) mass is 795 g/mol. The number of pyridine rings is 2. The van der Waals surface area contributed by atoms with Crippen molar-refractivity contribution < 1.29 is 48.7 Å². The molecule has 0 amide bonds. The van der Waals surface area contributed by atoms with Gasteiger partial charge in [0.2, 0.25) is 6.10 Å². The molecule has 2 aromatic heterocycles. The first-order chi connectivity index (χ1) is 27.6. The minimum atomic E-state index is -1.62. The van der Waals surface area contributed by atoms with E-state index in [0.717, 1.165) is 12.1 Å². The van der Waals surface area contributed by atoms with Crippen molar-refractivity contribution in [2.45, 2.75) is 46.1 Å². The van der Waals surface area contributed by atoms with Gasteiger partial charge in [0.15, 0.2) is 0 Å². The lowest BCUT2D eigenvalue weighted by molar-refractivity contribution is -0.395. The van der Waals surface area contributed by atoms with Crippen LogP contribution in [-0.2, 0) is 43.7 Å². The lowest BCUT2D eigenvalue weighted by Crippen LogP contribution is -2.27. The number of hydrogen-bond acceptors (Lipinski definition) is 17. The third-order valence-corrected chi connectivity index (χ3v) is 9.39. The molecule has 2 aliphatic rings. The number of nitro groups is 4. The van der Waals surface area contributed by atoms with Crippen molar-refractivity contribution in [2.24, 2.45) is 5.16 Å². The zero-order valence-electron chi connectivity index (χ0n) is 29.9. The van der Waals surface area contributed by atoms with E-state index in [1.54, 1.807) is 25.1 Å². The Kier molecular flexibility index (Phi) is 9.52. The highest BCUT2D eigenvalue weighted by atomic mass is 16.7. The number of rotatable bonds is 12. The minimum absolute atomic E-state index is 0.00674. The number of nitro benzene ring substituents is 4. The predicted molar refractivity (Wildman–Crippen MR) is 197 cm³/mol. The van der Waals surface area contributed by atoms with Crippen LogP contribution < -0.4 is 5.56 Å². The van der Waals surface area contributed by atoms with Crippen LogP contribution in [0.3, 0.4) is 0 Å². The number of phenolic OH excluding ortho intramolecular Hbond substituents is 1. The Labute approximate surface area is 322 Å². The summed E-state index contributed by atoms with van der Waals surface area (Å²) in [6.45, 7) is 1.80. The van der Waals surface area contributed by atoms with E-state index < -0.39 is 107 Å². The highest BCUT2D eigenvalue weighted by molar-refractivity contribution is 6.27. The molecule has 0 fully saturated rings. The third kappa shape index (κ3) is 6.62. The van der Waals surface area contributed by atoms with E-state index in [-0.39, 0.29) is 29.8 Å². The van der Waals surface area contributed by atoms with Crippen LogP contribution in [0.25, 0.3) is 33.4 Å². The summed E-state index contributed by atoms with van der Waals surface area (Å²) < 4.78 is 12.2. The molecule has 1 atom stereocenters. The summed E-state index contributed by atoms with van der Waals surface area (Å²) in [6, 6.07) is 10.7. The maximum absolute atomic E-state index is 13.8. The largest absolute Gasteiger partial charge is 0.508 e. The second-order valence-corrected chi connectivity index (χ2v) is 12.9. The van der Waals surface area contributed by atoms with Crippen molar-refractivity contribution in [3.8, 4) is 28.3 Å². The number of esters is 2. The Bertz CT molecular complexity index is 2710. The lowest BCUT2D eigenvalue weighted by atomic mass is 10.0.